The van der Waals surface area contributed by atoms with Crippen LogP contribution in [0.3, 0.4) is 0 Å². The monoisotopic (exact) mass is 305 g/mol. The van der Waals surface area contributed by atoms with Crippen LogP contribution < -0.4 is 5.73 Å². The number of aromatic nitrogens is 2. The average Bonchev–Trinajstić information content (AvgIpc) is 2.65. The summed E-state index contributed by atoms with van der Waals surface area (Å²) in [5.74, 6) is 0. The van der Waals surface area contributed by atoms with Crippen LogP contribution in [0.15, 0.2) is 34.9 Å². The number of hydrogen-bond donors (Lipinski definition) is 1. The van der Waals surface area contributed by atoms with Crippen molar-refractivity contribution in [3.05, 3.63) is 40.6 Å². The van der Waals surface area contributed by atoms with E-state index in [0.29, 0.717) is 15.8 Å². The highest BCUT2D eigenvalue weighted by molar-refractivity contribution is 9.10. The van der Waals surface area contributed by atoms with Gasteiger partial charge in [0.15, 0.2) is 5.69 Å². The number of anilines is 1. The summed E-state index contributed by atoms with van der Waals surface area (Å²) in [5.41, 5.74) is 5.62. The van der Waals surface area contributed by atoms with Crippen molar-refractivity contribution in [2.45, 2.75) is 6.18 Å². The number of benzene rings is 1. The summed E-state index contributed by atoms with van der Waals surface area (Å²) >= 11 is 3.22. The molecule has 2 aromatic rings. The number of halogens is 4. The average molecular weight is 306 g/mol. The molecule has 1 aromatic heterocycles. The van der Waals surface area contributed by atoms with Crippen LogP contribution in [0.25, 0.3) is 5.69 Å². The van der Waals surface area contributed by atoms with Crippen molar-refractivity contribution in [3.63, 3.8) is 0 Å². The van der Waals surface area contributed by atoms with E-state index in [2.05, 4.69) is 21.0 Å². The molecule has 0 unspecified atom stereocenters. The molecule has 1 aromatic carbocycles. The zero-order chi connectivity index (χ0) is 12.6. The Hall–Kier alpha value is -1.50. The molecule has 0 amide bonds. The van der Waals surface area contributed by atoms with Gasteiger partial charge in [-0.3, -0.25) is 0 Å². The summed E-state index contributed by atoms with van der Waals surface area (Å²) in [6.45, 7) is 0. The fraction of sp³-hybridized carbons (Fsp3) is 0.100. The van der Waals surface area contributed by atoms with Gasteiger partial charge in [-0.1, -0.05) is 0 Å². The fourth-order valence-corrected chi connectivity index (χ4v) is 1.90. The van der Waals surface area contributed by atoms with Crippen LogP contribution in [0.5, 0.6) is 0 Å². The maximum atomic E-state index is 12.4. The van der Waals surface area contributed by atoms with E-state index < -0.39 is 11.9 Å². The second-order valence-corrected chi connectivity index (χ2v) is 4.21. The molecule has 0 saturated heterocycles. The summed E-state index contributed by atoms with van der Waals surface area (Å²) < 4.78 is 38.8. The third-order valence-corrected chi connectivity index (χ3v) is 2.73. The van der Waals surface area contributed by atoms with Gasteiger partial charge >= 0.3 is 6.18 Å². The van der Waals surface area contributed by atoms with Gasteiger partial charge in [-0.25, -0.2) is 4.68 Å². The van der Waals surface area contributed by atoms with Crippen molar-refractivity contribution >= 4 is 21.6 Å². The lowest BCUT2D eigenvalue weighted by atomic mass is 10.3. The minimum absolute atomic E-state index is 0.495. The smallest absolute Gasteiger partial charge is 0.399 e. The standard InChI is InChI=1S/C10H7BrF3N3/c11-7-5-6(15)1-2-8(7)17-4-3-9(16-17)10(12,13)14/h1-5H,15H2. The SMILES string of the molecule is Nc1ccc(-n2ccc(C(F)(F)F)n2)c(Br)c1. The Morgan fingerprint density at radius 3 is 2.47 bits per heavy atom. The molecule has 7 heteroatoms. The lowest BCUT2D eigenvalue weighted by Crippen LogP contribution is -2.07. The highest BCUT2D eigenvalue weighted by Crippen LogP contribution is 2.29. The minimum atomic E-state index is -4.44. The van der Waals surface area contributed by atoms with E-state index >= 15 is 0 Å². The van der Waals surface area contributed by atoms with Gasteiger partial charge in [0.25, 0.3) is 0 Å². The van der Waals surface area contributed by atoms with E-state index in [-0.39, 0.29) is 0 Å². The van der Waals surface area contributed by atoms with Crippen molar-refractivity contribution in [2.24, 2.45) is 0 Å². The Balaban J connectivity index is 2.44. The minimum Gasteiger partial charge on any atom is -0.399 e. The van der Waals surface area contributed by atoms with Crippen LogP contribution in [0, 0.1) is 0 Å². The third-order valence-electron chi connectivity index (χ3n) is 2.10. The maximum absolute atomic E-state index is 12.4. The molecular weight excluding hydrogens is 299 g/mol. The molecule has 1 heterocycles. The second kappa shape index (κ2) is 4.06. The van der Waals surface area contributed by atoms with E-state index in [1.165, 1.54) is 6.20 Å². The van der Waals surface area contributed by atoms with E-state index in [1.807, 2.05) is 0 Å². The van der Waals surface area contributed by atoms with E-state index in [0.717, 1.165) is 10.7 Å². The predicted molar refractivity (Wildman–Crippen MR) is 60.7 cm³/mol. The van der Waals surface area contributed by atoms with E-state index in [1.54, 1.807) is 18.2 Å². The summed E-state index contributed by atoms with van der Waals surface area (Å²) in [5, 5.41) is 3.46. The van der Waals surface area contributed by atoms with Crippen LogP contribution in [0.1, 0.15) is 5.69 Å². The molecule has 17 heavy (non-hydrogen) atoms. The Kier molecular flexibility index (Phi) is 2.86. The Morgan fingerprint density at radius 2 is 1.94 bits per heavy atom. The van der Waals surface area contributed by atoms with Gasteiger partial charge in [-0.15, -0.1) is 0 Å². The molecule has 0 spiro atoms. The van der Waals surface area contributed by atoms with E-state index in [4.69, 9.17) is 5.73 Å². The number of alkyl halides is 3. The maximum Gasteiger partial charge on any atom is 0.435 e. The molecule has 0 aliphatic rings. The first kappa shape index (κ1) is 12.0. The normalized spacial score (nSPS) is 11.8. The third kappa shape index (κ3) is 2.44. The van der Waals surface area contributed by atoms with Crippen LogP contribution in [-0.4, -0.2) is 9.78 Å². The van der Waals surface area contributed by atoms with Crippen molar-refractivity contribution in [2.75, 3.05) is 5.73 Å². The molecule has 2 N–H and O–H groups in total. The van der Waals surface area contributed by atoms with Crippen molar-refractivity contribution in [1.82, 2.24) is 9.78 Å². The van der Waals surface area contributed by atoms with Gasteiger partial charge in [-0.2, -0.15) is 18.3 Å². The number of nitrogens with zero attached hydrogens (tertiary/aromatic N) is 2. The fourth-order valence-electron chi connectivity index (χ4n) is 1.32. The molecular formula is C10H7BrF3N3. The highest BCUT2D eigenvalue weighted by Gasteiger charge is 2.33. The summed E-state index contributed by atoms with van der Waals surface area (Å²) in [6.07, 6.45) is -3.19. The van der Waals surface area contributed by atoms with Crippen molar-refractivity contribution in [3.8, 4) is 5.69 Å². The number of nitrogen functional groups attached to an aromatic ring is 1. The molecule has 0 fully saturated rings. The number of nitrogens with two attached hydrogens (primary N) is 1. The molecule has 0 atom stereocenters. The van der Waals surface area contributed by atoms with E-state index in [9.17, 15) is 13.2 Å². The quantitative estimate of drug-likeness (QED) is 0.822. The highest BCUT2D eigenvalue weighted by atomic mass is 79.9. The Morgan fingerprint density at radius 1 is 1.24 bits per heavy atom. The topological polar surface area (TPSA) is 43.8 Å². The van der Waals surface area contributed by atoms with Gasteiger partial charge in [0, 0.05) is 16.4 Å². The van der Waals surface area contributed by atoms with Gasteiger partial charge in [0.05, 0.1) is 5.69 Å². The summed E-state index contributed by atoms with van der Waals surface area (Å²) in [4.78, 5) is 0. The van der Waals surface area contributed by atoms with Gasteiger partial charge in [0.1, 0.15) is 0 Å². The first-order chi connectivity index (χ1) is 7.88. The molecule has 0 aliphatic heterocycles. The van der Waals surface area contributed by atoms with Gasteiger partial charge < -0.3 is 5.73 Å². The molecule has 0 bridgehead atoms. The van der Waals surface area contributed by atoms with Crippen LogP contribution in [-0.2, 0) is 6.18 Å². The molecule has 90 valence electrons. The summed E-state index contributed by atoms with van der Waals surface area (Å²) in [6, 6.07) is 5.70. The van der Waals surface area contributed by atoms with Gasteiger partial charge in [0.2, 0.25) is 0 Å². The lowest BCUT2D eigenvalue weighted by Gasteiger charge is -2.06. The molecule has 0 aliphatic carbocycles. The zero-order valence-corrected chi connectivity index (χ0v) is 9.96. The molecule has 3 nitrogen and oxygen atoms in total. The zero-order valence-electron chi connectivity index (χ0n) is 8.37. The second-order valence-electron chi connectivity index (χ2n) is 3.35. The first-order valence-corrected chi connectivity index (χ1v) is 5.35. The molecule has 0 radical (unpaired) electrons. The van der Waals surface area contributed by atoms with Crippen LogP contribution in [0.4, 0.5) is 18.9 Å². The van der Waals surface area contributed by atoms with Crippen molar-refractivity contribution < 1.29 is 13.2 Å². The number of hydrogen-bond acceptors (Lipinski definition) is 2. The van der Waals surface area contributed by atoms with Crippen molar-refractivity contribution in [1.29, 1.82) is 0 Å². The molecule has 2 rings (SSSR count). The number of rotatable bonds is 1. The first-order valence-electron chi connectivity index (χ1n) is 4.56. The Bertz CT molecular complexity index is 548. The molecule has 0 saturated carbocycles. The Labute approximate surface area is 103 Å². The van der Waals surface area contributed by atoms with Crippen LogP contribution >= 0.6 is 15.9 Å². The van der Waals surface area contributed by atoms with Gasteiger partial charge in [-0.05, 0) is 40.2 Å². The van der Waals surface area contributed by atoms with Crippen LogP contribution in [0.2, 0.25) is 0 Å². The lowest BCUT2D eigenvalue weighted by molar-refractivity contribution is -0.141. The largest absolute Gasteiger partial charge is 0.435 e. The predicted octanol–water partition coefficient (Wildman–Crippen LogP) is 3.24. The summed E-state index contributed by atoms with van der Waals surface area (Å²) in [7, 11) is 0.